The molecule has 0 radical (unpaired) electrons. The summed E-state index contributed by atoms with van der Waals surface area (Å²) in [5, 5.41) is 17.0. The zero-order valence-corrected chi connectivity index (χ0v) is 9.28. The van der Waals surface area contributed by atoms with Crippen LogP contribution in [0, 0.1) is 11.6 Å². The quantitative estimate of drug-likeness (QED) is 0.787. The Balaban J connectivity index is 2.36. The summed E-state index contributed by atoms with van der Waals surface area (Å²) in [6.07, 6.45) is 2.48. The number of aromatic carboxylic acids is 1. The lowest BCUT2D eigenvalue weighted by molar-refractivity contribution is 0.0697. The summed E-state index contributed by atoms with van der Waals surface area (Å²) in [6, 6.07) is 1.11. The summed E-state index contributed by atoms with van der Waals surface area (Å²) in [4.78, 5) is 22.6. The number of halogens is 2. The summed E-state index contributed by atoms with van der Waals surface area (Å²) in [7, 11) is 0. The van der Waals surface area contributed by atoms with E-state index in [1.807, 2.05) is 0 Å². The van der Waals surface area contributed by atoms with E-state index < -0.39 is 29.1 Å². The lowest BCUT2D eigenvalue weighted by atomic mass is 10.1. The number of carbonyl (C=O) groups is 2. The van der Waals surface area contributed by atoms with Gasteiger partial charge in [-0.15, -0.1) is 0 Å². The molecule has 0 unspecified atom stereocenters. The predicted octanol–water partition coefficient (Wildman–Crippen LogP) is 1.64. The summed E-state index contributed by atoms with van der Waals surface area (Å²) < 4.78 is 26.0. The molecule has 0 aliphatic heterocycles. The minimum absolute atomic E-state index is 0.126. The van der Waals surface area contributed by atoms with Crippen molar-refractivity contribution in [3.63, 3.8) is 0 Å². The lowest BCUT2D eigenvalue weighted by Gasteiger charge is -2.08. The third kappa shape index (κ3) is 2.57. The molecular weight excluding hydrogens is 260 g/mol. The van der Waals surface area contributed by atoms with Crippen molar-refractivity contribution >= 4 is 17.6 Å². The van der Waals surface area contributed by atoms with Gasteiger partial charge in [0.05, 0.1) is 23.0 Å². The molecule has 98 valence electrons. The normalized spacial score (nSPS) is 10.2. The van der Waals surface area contributed by atoms with Crippen LogP contribution in [0.4, 0.5) is 14.5 Å². The molecule has 0 atom stereocenters. The Bertz CT molecular complexity index is 641. The number of anilines is 1. The van der Waals surface area contributed by atoms with Crippen LogP contribution in [-0.4, -0.2) is 27.2 Å². The van der Waals surface area contributed by atoms with Gasteiger partial charge in [0.2, 0.25) is 0 Å². The molecule has 0 saturated carbocycles. The van der Waals surface area contributed by atoms with Gasteiger partial charge in [0.1, 0.15) is 0 Å². The zero-order valence-electron chi connectivity index (χ0n) is 9.28. The summed E-state index contributed by atoms with van der Waals surface area (Å²) in [5.41, 5.74) is -0.755. The molecule has 1 aromatic carbocycles. The van der Waals surface area contributed by atoms with Crippen molar-refractivity contribution in [2.75, 3.05) is 5.32 Å². The van der Waals surface area contributed by atoms with Gasteiger partial charge >= 0.3 is 5.97 Å². The highest BCUT2D eigenvalue weighted by molar-refractivity contribution is 6.07. The molecule has 19 heavy (non-hydrogen) atoms. The first-order valence-electron chi connectivity index (χ1n) is 5.01. The Morgan fingerprint density at radius 2 is 1.95 bits per heavy atom. The fraction of sp³-hybridized carbons (Fsp3) is 0. The number of nitrogens with one attached hydrogen (secondary N) is 2. The fourth-order valence-electron chi connectivity index (χ4n) is 1.40. The Morgan fingerprint density at radius 1 is 1.26 bits per heavy atom. The average molecular weight is 267 g/mol. The molecule has 3 N–H and O–H groups in total. The van der Waals surface area contributed by atoms with E-state index in [1.165, 1.54) is 12.4 Å². The third-order valence-electron chi connectivity index (χ3n) is 2.30. The van der Waals surface area contributed by atoms with E-state index in [-0.39, 0.29) is 11.3 Å². The first-order chi connectivity index (χ1) is 8.99. The number of hydrogen-bond donors (Lipinski definition) is 3. The highest BCUT2D eigenvalue weighted by Crippen LogP contribution is 2.20. The first-order valence-corrected chi connectivity index (χ1v) is 5.01. The number of rotatable bonds is 3. The van der Waals surface area contributed by atoms with Crippen molar-refractivity contribution in [1.29, 1.82) is 0 Å². The number of carboxylic acid groups (broad SMARTS) is 1. The van der Waals surface area contributed by atoms with Gasteiger partial charge in [-0.3, -0.25) is 9.89 Å². The van der Waals surface area contributed by atoms with Crippen LogP contribution in [0.15, 0.2) is 24.5 Å². The van der Waals surface area contributed by atoms with E-state index in [1.54, 1.807) is 0 Å². The summed E-state index contributed by atoms with van der Waals surface area (Å²) in [5.74, 6) is -4.74. The molecule has 1 aromatic heterocycles. The minimum Gasteiger partial charge on any atom is -0.478 e. The van der Waals surface area contributed by atoms with E-state index in [9.17, 15) is 18.4 Å². The number of amides is 1. The van der Waals surface area contributed by atoms with Crippen LogP contribution in [-0.2, 0) is 0 Å². The Kier molecular flexibility index (Phi) is 3.23. The molecule has 1 heterocycles. The van der Waals surface area contributed by atoms with Crippen molar-refractivity contribution in [2.24, 2.45) is 0 Å². The number of H-pyrrole nitrogens is 1. The molecule has 0 spiro atoms. The Hall–Kier alpha value is -2.77. The molecule has 2 aromatic rings. The second-order valence-corrected chi connectivity index (χ2v) is 3.56. The molecule has 1 amide bonds. The number of aromatic amines is 1. The van der Waals surface area contributed by atoms with E-state index >= 15 is 0 Å². The maximum Gasteiger partial charge on any atom is 0.337 e. The molecule has 0 saturated heterocycles. The van der Waals surface area contributed by atoms with Gasteiger partial charge in [-0.2, -0.15) is 5.10 Å². The first kappa shape index (κ1) is 12.7. The van der Waals surface area contributed by atoms with Crippen LogP contribution in [0.5, 0.6) is 0 Å². The zero-order chi connectivity index (χ0) is 14.0. The van der Waals surface area contributed by atoms with Gasteiger partial charge < -0.3 is 10.4 Å². The molecule has 0 bridgehead atoms. The van der Waals surface area contributed by atoms with Crippen molar-refractivity contribution in [3.8, 4) is 0 Å². The average Bonchev–Trinajstić information content (AvgIpc) is 2.86. The topological polar surface area (TPSA) is 95.1 Å². The molecular formula is C11H7F2N3O3. The molecule has 0 aliphatic rings. The highest BCUT2D eigenvalue weighted by atomic mass is 19.2. The fourth-order valence-corrected chi connectivity index (χ4v) is 1.40. The molecule has 8 heteroatoms. The number of nitrogens with zero attached hydrogens (tertiary/aromatic N) is 1. The molecule has 0 aliphatic carbocycles. The van der Waals surface area contributed by atoms with E-state index in [4.69, 9.17) is 5.11 Å². The van der Waals surface area contributed by atoms with Crippen LogP contribution < -0.4 is 5.32 Å². The van der Waals surface area contributed by atoms with Gasteiger partial charge in [0.25, 0.3) is 5.91 Å². The maximum atomic E-state index is 13.1. The Morgan fingerprint density at radius 3 is 2.53 bits per heavy atom. The van der Waals surface area contributed by atoms with Gasteiger partial charge in [0.15, 0.2) is 11.6 Å². The van der Waals surface area contributed by atoms with E-state index in [0.717, 1.165) is 0 Å². The minimum atomic E-state index is -1.48. The van der Waals surface area contributed by atoms with Gasteiger partial charge in [-0.25, -0.2) is 13.6 Å². The third-order valence-corrected chi connectivity index (χ3v) is 2.30. The second-order valence-electron chi connectivity index (χ2n) is 3.56. The van der Waals surface area contributed by atoms with Crippen molar-refractivity contribution < 1.29 is 23.5 Å². The predicted molar refractivity (Wildman–Crippen MR) is 59.9 cm³/mol. The van der Waals surface area contributed by atoms with Gasteiger partial charge in [-0.1, -0.05) is 0 Å². The number of hydrogen-bond acceptors (Lipinski definition) is 3. The summed E-state index contributed by atoms with van der Waals surface area (Å²) >= 11 is 0. The van der Waals surface area contributed by atoms with Crippen molar-refractivity contribution in [1.82, 2.24) is 10.2 Å². The van der Waals surface area contributed by atoms with Crippen molar-refractivity contribution in [3.05, 3.63) is 47.3 Å². The van der Waals surface area contributed by atoms with Crippen LogP contribution in [0.1, 0.15) is 20.7 Å². The number of benzene rings is 1. The Labute approximate surface area is 105 Å². The maximum absolute atomic E-state index is 13.1. The van der Waals surface area contributed by atoms with Crippen LogP contribution in [0.3, 0.4) is 0 Å². The van der Waals surface area contributed by atoms with Crippen LogP contribution in [0.25, 0.3) is 0 Å². The number of carboxylic acids is 1. The monoisotopic (exact) mass is 267 g/mol. The van der Waals surface area contributed by atoms with Gasteiger partial charge in [0, 0.05) is 12.3 Å². The largest absolute Gasteiger partial charge is 0.478 e. The lowest BCUT2D eigenvalue weighted by Crippen LogP contribution is -2.15. The SMILES string of the molecule is O=C(Nc1cc(F)c(F)cc1C(=O)O)c1cn[nH]c1. The summed E-state index contributed by atoms with van der Waals surface area (Å²) in [6.45, 7) is 0. The molecule has 6 nitrogen and oxygen atoms in total. The number of aromatic nitrogens is 2. The molecule has 0 fully saturated rings. The number of carbonyl (C=O) groups excluding carboxylic acids is 1. The van der Waals surface area contributed by atoms with Crippen LogP contribution in [0.2, 0.25) is 0 Å². The van der Waals surface area contributed by atoms with Gasteiger partial charge in [-0.05, 0) is 6.07 Å². The van der Waals surface area contributed by atoms with E-state index in [0.29, 0.717) is 12.1 Å². The van der Waals surface area contributed by atoms with Crippen molar-refractivity contribution in [2.45, 2.75) is 0 Å². The second kappa shape index (κ2) is 4.84. The highest BCUT2D eigenvalue weighted by Gasteiger charge is 2.18. The standard InChI is InChI=1S/C11H7F2N3O3/c12-7-1-6(11(18)19)9(2-8(7)13)16-10(17)5-3-14-15-4-5/h1-4H,(H,14,15)(H,16,17)(H,18,19). The van der Waals surface area contributed by atoms with Crippen LogP contribution >= 0.6 is 0 Å². The van der Waals surface area contributed by atoms with E-state index in [2.05, 4.69) is 15.5 Å². The molecule has 2 rings (SSSR count). The smallest absolute Gasteiger partial charge is 0.337 e.